The van der Waals surface area contributed by atoms with Crippen LogP contribution in [-0.4, -0.2) is 29.0 Å². The van der Waals surface area contributed by atoms with Crippen LogP contribution in [0.5, 0.6) is 0 Å². The summed E-state index contributed by atoms with van der Waals surface area (Å²) in [5.74, 6) is 0.519. The predicted molar refractivity (Wildman–Crippen MR) is 85.0 cm³/mol. The first kappa shape index (κ1) is 16.4. The Bertz CT molecular complexity index is 439. The minimum Gasteiger partial charge on any atom is -0.312 e. The standard InChI is InChI=1S/C13H17Cl3N2OS/c1-9-4-6-18(7-5-9)12(13(14,15)16)17-11(19)10-3-2-8-20-10/h2-3,8-9,12H,4-7H2,1H3,(H,17,19)/p+1. The molecule has 1 atom stereocenters. The van der Waals surface area contributed by atoms with Gasteiger partial charge in [-0.2, -0.15) is 0 Å². The molecule has 0 aliphatic carbocycles. The van der Waals surface area contributed by atoms with Gasteiger partial charge in [0.05, 0.1) is 18.0 Å². The molecule has 1 aromatic rings. The number of hydrogen-bond acceptors (Lipinski definition) is 2. The second-order valence-electron chi connectivity index (χ2n) is 5.27. The monoisotopic (exact) mass is 355 g/mol. The van der Waals surface area contributed by atoms with Crippen LogP contribution < -0.4 is 10.2 Å². The molecule has 0 aromatic carbocycles. The van der Waals surface area contributed by atoms with Crippen molar-refractivity contribution in [2.45, 2.75) is 29.7 Å². The maximum absolute atomic E-state index is 12.2. The Labute approximate surface area is 138 Å². The first-order valence-electron chi connectivity index (χ1n) is 6.63. The van der Waals surface area contributed by atoms with Crippen LogP contribution in [0.4, 0.5) is 0 Å². The molecule has 0 saturated carbocycles. The SMILES string of the molecule is CC1CC[NH+](C(NC(=O)c2cccs2)C(Cl)(Cl)Cl)CC1. The van der Waals surface area contributed by atoms with Gasteiger partial charge in [0.1, 0.15) is 0 Å². The number of amides is 1. The van der Waals surface area contributed by atoms with E-state index in [9.17, 15) is 4.79 Å². The lowest BCUT2D eigenvalue weighted by atomic mass is 9.99. The molecule has 7 heteroatoms. The second-order valence-corrected chi connectivity index (χ2v) is 8.58. The zero-order valence-corrected chi connectivity index (χ0v) is 14.2. The maximum Gasteiger partial charge on any atom is 0.265 e. The first-order valence-corrected chi connectivity index (χ1v) is 8.65. The van der Waals surface area contributed by atoms with Crippen molar-refractivity contribution in [3.8, 4) is 0 Å². The molecule has 1 aliphatic heterocycles. The average Bonchev–Trinajstić information content (AvgIpc) is 2.89. The zero-order valence-electron chi connectivity index (χ0n) is 11.2. The van der Waals surface area contributed by atoms with Gasteiger partial charge in [0.15, 0.2) is 0 Å². The number of thiophene rings is 1. The summed E-state index contributed by atoms with van der Waals surface area (Å²) >= 11 is 19.6. The van der Waals surface area contributed by atoms with E-state index in [4.69, 9.17) is 34.8 Å². The van der Waals surface area contributed by atoms with Crippen molar-refractivity contribution in [3.63, 3.8) is 0 Å². The van der Waals surface area contributed by atoms with Gasteiger partial charge < -0.3 is 4.90 Å². The van der Waals surface area contributed by atoms with Crippen LogP contribution in [0.1, 0.15) is 29.4 Å². The van der Waals surface area contributed by atoms with Gasteiger partial charge in [0.25, 0.3) is 9.70 Å². The fourth-order valence-electron chi connectivity index (χ4n) is 2.45. The van der Waals surface area contributed by atoms with E-state index in [-0.39, 0.29) is 5.91 Å². The fraction of sp³-hybridized carbons (Fsp3) is 0.615. The van der Waals surface area contributed by atoms with Gasteiger partial charge >= 0.3 is 0 Å². The number of hydrogen-bond donors (Lipinski definition) is 2. The Balaban J connectivity index is 2.06. The maximum atomic E-state index is 12.2. The molecule has 2 heterocycles. The summed E-state index contributed by atoms with van der Waals surface area (Å²) in [7, 11) is 0. The first-order chi connectivity index (χ1) is 9.38. The minimum atomic E-state index is -1.51. The van der Waals surface area contributed by atoms with Crippen LogP contribution in [0.25, 0.3) is 0 Å². The Kier molecular flexibility index (Phi) is 5.60. The highest BCUT2D eigenvalue weighted by molar-refractivity contribution is 7.12. The predicted octanol–water partition coefficient (Wildman–Crippen LogP) is 2.49. The minimum absolute atomic E-state index is 0.178. The molecule has 2 N–H and O–H groups in total. The molecule has 1 unspecified atom stereocenters. The van der Waals surface area contributed by atoms with Gasteiger partial charge in [-0.15, -0.1) is 11.3 Å². The number of carbonyl (C=O) groups excluding carboxylic acids is 1. The average molecular weight is 357 g/mol. The fourth-order valence-corrected chi connectivity index (χ4v) is 3.70. The van der Waals surface area contributed by atoms with Gasteiger partial charge in [-0.1, -0.05) is 47.8 Å². The number of piperidine rings is 1. The molecule has 0 radical (unpaired) electrons. The number of quaternary nitrogens is 1. The van der Waals surface area contributed by atoms with Crippen LogP contribution in [-0.2, 0) is 0 Å². The van der Waals surface area contributed by atoms with Crippen LogP contribution in [0, 0.1) is 5.92 Å². The Morgan fingerprint density at radius 2 is 2.10 bits per heavy atom. The van der Waals surface area contributed by atoms with E-state index in [1.165, 1.54) is 11.3 Å². The second kappa shape index (κ2) is 6.84. The summed E-state index contributed by atoms with van der Waals surface area (Å²) in [6.45, 7) is 4.04. The van der Waals surface area contributed by atoms with Crippen LogP contribution >= 0.6 is 46.1 Å². The van der Waals surface area contributed by atoms with Crippen LogP contribution in [0.2, 0.25) is 0 Å². The van der Waals surface area contributed by atoms with Crippen molar-refractivity contribution >= 4 is 52.0 Å². The molecule has 0 bridgehead atoms. The highest BCUT2D eigenvalue weighted by Crippen LogP contribution is 2.28. The van der Waals surface area contributed by atoms with Crippen LogP contribution in [0.3, 0.4) is 0 Å². The highest BCUT2D eigenvalue weighted by atomic mass is 35.6. The molecule has 0 spiro atoms. The summed E-state index contributed by atoms with van der Waals surface area (Å²) < 4.78 is -1.51. The van der Waals surface area contributed by atoms with E-state index in [0.717, 1.165) is 30.8 Å². The Morgan fingerprint density at radius 3 is 2.60 bits per heavy atom. The highest BCUT2D eigenvalue weighted by Gasteiger charge is 2.43. The molecule has 112 valence electrons. The van der Waals surface area contributed by atoms with Gasteiger partial charge in [0.2, 0.25) is 6.17 Å². The number of carbonyl (C=O) groups is 1. The molecule has 1 aliphatic rings. The van der Waals surface area contributed by atoms with Gasteiger partial charge in [-0.05, 0) is 30.2 Å². The molecule has 3 nitrogen and oxygen atoms in total. The molecule has 2 rings (SSSR count). The molecular formula is C13H18Cl3N2OS+. The number of halogens is 3. The Hall–Kier alpha value is -0.000000000000000111. The summed E-state index contributed by atoms with van der Waals surface area (Å²) in [4.78, 5) is 13.9. The number of alkyl halides is 3. The van der Waals surface area contributed by atoms with Crippen molar-refractivity contribution in [2.24, 2.45) is 5.92 Å². The smallest absolute Gasteiger partial charge is 0.265 e. The van der Waals surface area contributed by atoms with E-state index >= 15 is 0 Å². The van der Waals surface area contributed by atoms with Gasteiger partial charge in [0, 0.05) is 0 Å². The molecule has 1 fully saturated rings. The number of rotatable bonds is 3. The third-order valence-electron chi connectivity index (χ3n) is 3.67. The summed E-state index contributed by atoms with van der Waals surface area (Å²) in [6.07, 6.45) is 1.65. The summed E-state index contributed by atoms with van der Waals surface area (Å²) in [6, 6.07) is 3.60. The van der Waals surface area contributed by atoms with E-state index in [2.05, 4.69) is 12.2 Å². The van der Waals surface area contributed by atoms with E-state index in [1.807, 2.05) is 11.4 Å². The third-order valence-corrected chi connectivity index (χ3v) is 5.20. The third kappa shape index (κ3) is 4.25. The van der Waals surface area contributed by atoms with Crippen molar-refractivity contribution in [3.05, 3.63) is 22.4 Å². The lowest BCUT2D eigenvalue weighted by Crippen LogP contribution is -3.20. The van der Waals surface area contributed by atoms with Gasteiger partial charge in [-0.3, -0.25) is 10.1 Å². The molecule has 1 aromatic heterocycles. The summed E-state index contributed by atoms with van der Waals surface area (Å²) in [5, 5.41) is 4.74. The molecular weight excluding hydrogens is 339 g/mol. The molecule has 20 heavy (non-hydrogen) atoms. The topological polar surface area (TPSA) is 33.5 Å². The number of likely N-dealkylation sites (tertiary alicyclic amines) is 1. The van der Waals surface area contributed by atoms with Crippen molar-refractivity contribution in [1.29, 1.82) is 0 Å². The lowest BCUT2D eigenvalue weighted by Gasteiger charge is -2.36. The summed E-state index contributed by atoms with van der Waals surface area (Å²) in [5.41, 5.74) is 0. The van der Waals surface area contributed by atoms with Crippen molar-refractivity contribution < 1.29 is 9.69 Å². The van der Waals surface area contributed by atoms with Crippen molar-refractivity contribution in [2.75, 3.05) is 13.1 Å². The largest absolute Gasteiger partial charge is 0.312 e. The Morgan fingerprint density at radius 1 is 1.45 bits per heavy atom. The van der Waals surface area contributed by atoms with Crippen LogP contribution in [0.15, 0.2) is 17.5 Å². The quantitative estimate of drug-likeness (QED) is 0.802. The number of nitrogens with one attached hydrogen (secondary N) is 2. The van der Waals surface area contributed by atoms with Gasteiger partial charge in [-0.25, -0.2) is 0 Å². The normalized spacial score (nSPS) is 25.2. The van der Waals surface area contributed by atoms with E-state index in [1.54, 1.807) is 6.07 Å². The van der Waals surface area contributed by atoms with Crippen molar-refractivity contribution in [1.82, 2.24) is 5.32 Å². The van der Waals surface area contributed by atoms with E-state index in [0.29, 0.717) is 10.8 Å². The lowest BCUT2D eigenvalue weighted by molar-refractivity contribution is -0.932. The van der Waals surface area contributed by atoms with E-state index < -0.39 is 9.96 Å². The molecule has 1 amide bonds. The molecule has 1 saturated heterocycles. The zero-order chi connectivity index (χ0) is 14.8.